The number of rotatable bonds is 7. The van der Waals surface area contributed by atoms with E-state index in [9.17, 15) is 17.6 Å². The van der Waals surface area contributed by atoms with Crippen LogP contribution < -0.4 is 5.32 Å². The number of halogens is 4. The maximum Gasteiger partial charge on any atom is 0.405 e. The van der Waals surface area contributed by atoms with Crippen LogP contribution in [-0.2, 0) is 12.8 Å². The topological polar surface area (TPSA) is 79.4 Å². The van der Waals surface area contributed by atoms with Crippen LogP contribution in [0.25, 0.3) is 11.0 Å². The molecule has 4 aromatic heterocycles. The van der Waals surface area contributed by atoms with Crippen LogP contribution in [0.3, 0.4) is 0 Å². The second-order valence-electron chi connectivity index (χ2n) is 8.20. The number of hydrogen-bond acceptors (Lipinski definition) is 5. The summed E-state index contributed by atoms with van der Waals surface area (Å²) in [6, 6.07) is 7.41. The molecule has 4 heterocycles. The van der Waals surface area contributed by atoms with Gasteiger partial charge in [-0.1, -0.05) is 12.1 Å². The van der Waals surface area contributed by atoms with Crippen molar-refractivity contribution in [3.05, 3.63) is 77.0 Å². The first-order chi connectivity index (χ1) is 15.9. The van der Waals surface area contributed by atoms with Crippen LogP contribution >= 0.6 is 0 Å². The average molecular weight is 456 g/mol. The Morgan fingerprint density at radius 1 is 1.00 bits per heavy atom. The van der Waals surface area contributed by atoms with E-state index in [1.54, 1.807) is 18.3 Å². The smallest absolute Gasteiger partial charge is 0.361 e. The van der Waals surface area contributed by atoms with Gasteiger partial charge in [0.05, 0.1) is 5.39 Å². The molecule has 0 spiro atoms. The lowest BCUT2D eigenvalue weighted by atomic mass is 10.0. The molecule has 1 aliphatic rings. The van der Waals surface area contributed by atoms with Crippen LogP contribution in [0.2, 0.25) is 0 Å². The molecule has 0 aromatic carbocycles. The van der Waals surface area contributed by atoms with Crippen molar-refractivity contribution in [3.63, 3.8) is 0 Å². The Morgan fingerprint density at radius 2 is 1.85 bits per heavy atom. The van der Waals surface area contributed by atoms with E-state index in [1.807, 2.05) is 18.3 Å². The number of nitrogens with one attached hydrogen (secondary N) is 2. The first-order valence-electron chi connectivity index (χ1n) is 10.6. The summed E-state index contributed by atoms with van der Waals surface area (Å²) < 4.78 is 52.7. The molecular weight excluding hydrogens is 436 g/mol. The summed E-state index contributed by atoms with van der Waals surface area (Å²) >= 11 is 0. The van der Waals surface area contributed by atoms with Crippen molar-refractivity contribution in [2.75, 3.05) is 11.9 Å². The lowest BCUT2D eigenvalue weighted by Gasteiger charge is -2.10. The van der Waals surface area contributed by atoms with Gasteiger partial charge in [-0.15, -0.1) is 0 Å². The summed E-state index contributed by atoms with van der Waals surface area (Å²) in [6.07, 6.45) is 3.14. The van der Waals surface area contributed by atoms with Crippen LogP contribution in [0.4, 0.5) is 23.4 Å². The average Bonchev–Trinajstić information content (AvgIpc) is 3.55. The Hall–Kier alpha value is -3.56. The summed E-state index contributed by atoms with van der Waals surface area (Å²) in [5.74, 6) is -0.000222. The van der Waals surface area contributed by atoms with Crippen LogP contribution in [-0.4, -0.2) is 37.6 Å². The molecule has 5 rings (SSSR count). The minimum absolute atomic E-state index is 0.0423. The van der Waals surface area contributed by atoms with Gasteiger partial charge < -0.3 is 10.3 Å². The highest BCUT2D eigenvalue weighted by Gasteiger charge is 2.27. The molecule has 0 aliphatic heterocycles. The van der Waals surface area contributed by atoms with Crippen molar-refractivity contribution in [1.29, 1.82) is 0 Å². The van der Waals surface area contributed by atoms with Crippen molar-refractivity contribution in [2.45, 2.75) is 37.8 Å². The van der Waals surface area contributed by atoms with E-state index in [1.165, 1.54) is 19.2 Å². The Bertz CT molecular complexity index is 1280. The van der Waals surface area contributed by atoms with Crippen LogP contribution in [0.5, 0.6) is 0 Å². The summed E-state index contributed by atoms with van der Waals surface area (Å²) in [5, 5.41) is 2.69. The summed E-state index contributed by atoms with van der Waals surface area (Å²) in [4.78, 5) is 19.5. The molecule has 33 heavy (non-hydrogen) atoms. The minimum Gasteiger partial charge on any atom is -0.361 e. The number of aromatic nitrogens is 5. The number of fused-ring (bicyclic) bond motifs is 1. The highest BCUT2D eigenvalue weighted by Crippen LogP contribution is 2.38. The Balaban J connectivity index is 1.34. The SMILES string of the molecule is Fc1nc(Cc2ccc(C3CC3)nc2)ccc1Cc1c[nH]c2ncnc(NCC(F)(F)F)c12. The molecule has 0 saturated heterocycles. The molecule has 0 amide bonds. The predicted molar refractivity (Wildman–Crippen MR) is 114 cm³/mol. The van der Waals surface area contributed by atoms with Gasteiger partial charge in [0.15, 0.2) is 0 Å². The number of pyridine rings is 2. The molecular formula is C23H20F4N6. The van der Waals surface area contributed by atoms with E-state index in [0.717, 1.165) is 11.3 Å². The normalized spacial score (nSPS) is 14.1. The number of nitrogens with zero attached hydrogens (tertiary/aromatic N) is 4. The Labute approximate surface area is 186 Å². The first-order valence-corrected chi connectivity index (χ1v) is 10.6. The second kappa shape index (κ2) is 8.42. The first kappa shape index (κ1) is 21.3. The quantitative estimate of drug-likeness (QED) is 0.305. The standard InChI is InChI=1S/C23H20F4N6/c24-20-15(4-5-17(33-20)7-13-1-6-18(28-9-13)14-2-3-14)8-16-10-29-21-19(16)22(32-12-31-21)30-11-23(25,26)27/h1,4-6,9-10,12,14H,2-3,7-8,11H2,(H2,29,30,31,32). The predicted octanol–water partition coefficient (Wildman–Crippen LogP) is 4.92. The van der Waals surface area contributed by atoms with E-state index < -0.39 is 18.7 Å². The van der Waals surface area contributed by atoms with Gasteiger partial charge in [0.25, 0.3) is 0 Å². The number of H-pyrrole nitrogens is 1. The third-order valence-electron chi connectivity index (χ3n) is 5.60. The third kappa shape index (κ3) is 4.94. The van der Waals surface area contributed by atoms with Gasteiger partial charge in [-0.05, 0) is 36.1 Å². The number of hydrogen-bond donors (Lipinski definition) is 2. The molecule has 4 aromatic rings. The maximum atomic E-state index is 14.8. The number of alkyl halides is 3. The monoisotopic (exact) mass is 456 g/mol. The van der Waals surface area contributed by atoms with Gasteiger partial charge in [0.1, 0.15) is 24.3 Å². The molecule has 0 radical (unpaired) electrons. The summed E-state index contributed by atoms with van der Waals surface area (Å²) in [6.45, 7) is -1.23. The minimum atomic E-state index is -4.40. The Morgan fingerprint density at radius 3 is 2.55 bits per heavy atom. The van der Waals surface area contributed by atoms with E-state index in [-0.39, 0.29) is 12.2 Å². The maximum absolute atomic E-state index is 14.8. The molecule has 1 fully saturated rings. The summed E-state index contributed by atoms with van der Waals surface area (Å²) in [5.41, 5.74) is 3.90. The van der Waals surface area contributed by atoms with Crippen LogP contribution in [0.1, 0.15) is 46.8 Å². The van der Waals surface area contributed by atoms with Crippen LogP contribution in [0, 0.1) is 5.95 Å². The highest BCUT2D eigenvalue weighted by atomic mass is 19.4. The van der Waals surface area contributed by atoms with Crippen molar-refractivity contribution >= 4 is 16.9 Å². The molecule has 0 atom stereocenters. The van der Waals surface area contributed by atoms with Gasteiger partial charge in [-0.25, -0.2) is 15.0 Å². The third-order valence-corrected chi connectivity index (χ3v) is 5.60. The molecule has 0 bridgehead atoms. The lowest BCUT2D eigenvalue weighted by Crippen LogP contribution is -2.22. The fourth-order valence-corrected chi connectivity index (χ4v) is 3.79. The van der Waals surface area contributed by atoms with Gasteiger partial charge in [0, 0.05) is 48.1 Å². The largest absolute Gasteiger partial charge is 0.405 e. The molecule has 6 nitrogen and oxygen atoms in total. The molecule has 10 heteroatoms. The molecule has 0 unspecified atom stereocenters. The van der Waals surface area contributed by atoms with E-state index in [4.69, 9.17) is 0 Å². The van der Waals surface area contributed by atoms with Crippen molar-refractivity contribution < 1.29 is 17.6 Å². The zero-order valence-corrected chi connectivity index (χ0v) is 17.5. The second-order valence-corrected chi connectivity index (χ2v) is 8.20. The van der Waals surface area contributed by atoms with E-state index in [2.05, 4.69) is 30.2 Å². The molecule has 1 aliphatic carbocycles. The van der Waals surface area contributed by atoms with Crippen LogP contribution in [0.15, 0.2) is 43.0 Å². The zero-order valence-electron chi connectivity index (χ0n) is 17.5. The fraction of sp³-hybridized carbons (Fsp3) is 0.304. The van der Waals surface area contributed by atoms with Crippen molar-refractivity contribution in [2.24, 2.45) is 0 Å². The van der Waals surface area contributed by atoms with Gasteiger partial charge in [-0.3, -0.25) is 4.98 Å². The lowest BCUT2D eigenvalue weighted by molar-refractivity contribution is -0.115. The number of aromatic amines is 1. The zero-order chi connectivity index (χ0) is 23.0. The van der Waals surface area contributed by atoms with Crippen molar-refractivity contribution in [3.8, 4) is 0 Å². The Kier molecular flexibility index (Phi) is 5.43. The molecule has 2 N–H and O–H groups in total. The van der Waals surface area contributed by atoms with E-state index in [0.29, 0.717) is 40.2 Å². The van der Waals surface area contributed by atoms with E-state index >= 15 is 0 Å². The van der Waals surface area contributed by atoms with Gasteiger partial charge in [0.2, 0.25) is 5.95 Å². The van der Waals surface area contributed by atoms with Crippen molar-refractivity contribution in [1.82, 2.24) is 24.9 Å². The van der Waals surface area contributed by atoms with Gasteiger partial charge >= 0.3 is 6.18 Å². The summed E-state index contributed by atoms with van der Waals surface area (Å²) in [7, 11) is 0. The molecule has 1 saturated carbocycles. The number of anilines is 1. The fourth-order valence-electron chi connectivity index (χ4n) is 3.79. The molecule has 170 valence electrons. The highest BCUT2D eigenvalue weighted by molar-refractivity contribution is 5.90. The van der Waals surface area contributed by atoms with Gasteiger partial charge in [-0.2, -0.15) is 17.6 Å².